The molecule has 0 unspecified atom stereocenters. The normalized spacial score (nSPS) is 13.3. The minimum atomic E-state index is -0.481. The first-order chi connectivity index (χ1) is 15.9. The molecule has 170 valence electrons. The number of hydrogen-bond acceptors (Lipinski definition) is 6. The molecule has 0 radical (unpaired) electrons. The first kappa shape index (κ1) is 22.7. The topological polar surface area (TPSA) is 88.6 Å². The second-order valence-electron chi connectivity index (χ2n) is 8.05. The average molecular weight is 464 g/mol. The van der Waals surface area contributed by atoms with Crippen molar-refractivity contribution in [2.24, 2.45) is 0 Å². The molecule has 0 atom stereocenters. The highest BCUT2D eigenvalue weighted by atomic mass is 32.1. The molecule has 7 nitrogen and oxygen atoms in total. The van der Waals surface area contributed by atoms with Crippen molar-refractivity contribution in [2.75, 3.05) is 16.8 Å². The lowest BCUT2D eigenvalue weighted by atomic mass is 10.1. The van der Waals surface area contributed by atoms with Crippen LogP contribution in [0.4, 0.5) is 11.4 Å². The van der Waals surface area contributed by atoms with Crippen LogP contribution >= 0.6 is 11.3 Å². The Bertz CT molecular complexity index is 1200. The highest BCUT2D eigenvalue weighted by molar-refractivity contribution is 7.09. The smallest absolute Gasteiger partial charge is 0.338 e. The summed E-state index contributed by atoms with van der Waals surface area (Å²) < 4.78 is 5.40. The summed E-state index contributed by atoms with van der Waals surface area (Å²) in [6.45, 7) is 4.60. The fourth-order valence-corrected chi connectivity index (χ4v) is 4.42. The third-order valence-corrected chi connectivity index (χ3v) is 6.29. The number of carbonyl (C=O) groups excluding carboxylic acids is 3. The number of thiazole rings is 1. The molecular weight excluding hydrogens is 438 g/mol. The van der Waals surface area contributed by atoms with Crippen molar-refractivity contribution < 1.29 is 19.1 Å². The van der Waals surface area contributed by atoms with Crippen molar-refractivity contribution in [2.45, 2.75) is 39.7 Å². The number of hydrogen-bond donors (Lipinski definition) is 1. The number of aryl methyl sites for hydroxylation is 2. The van der Waals surface area contributed by atoms with Crippen molar-refractivity contribution >= 4 is 40.5 Å². The monoisotopic (exact) mass is 463 g/mol. The Morgan fingerprint density at radius 2 is 2.03 bits per heavy atom. The minimum Gasteiger partial charge on any atom is -0.456 e. The number of anilines is 2. The van der Waals surface area contributed by atoms with E-state index in [0.29, 0.717) is 34.9 Å². The molecule has 33 heavy (non-hydrogen) atoms. The van der Waals surface area contributed by atoms with Crippen LogP contribution in [0.2, 0.25) is 0 Å². The summed E-state index contributed by atoms with van der Waals surface area (Å²) in [5, 5.41) is 5.36. The van der Waals surface area contributed by atoms with Gasteiger partial charge >= 0.3 is 5.97 Å². The lowest BCUT2D eigenvalue weighted by molar-refractivity contribution is -0.117. The van der Waals surface area contributed by atoms with Gasteiger partial charge in [-0.2, -0.15) is 0 Å². The van der Waals surface area contributed by atoms with E-state index in [1.165, 1.54) is 11.3 Å². The van der Waals surface area contributed by atoms with E-state index in [1.807, 2.05) is 38.1 Å². The van der Waals surface area contributed by atoms with Crippen molar-refractivity contribution in [3.63, 3.8) is 0 Å². The first-order valence-corrected chi connectivity index (χ1v) is 11.6. The maximum absolute atomic E-state index is 12.5. The van der Waals surface area contributed by atoms with Crippen molar-refractivity contribution in [1.82, 2.24) is 4.98 Å². The van der Waals surface area contributed by atoms with E-state index in [-0.39, 0.29) is 24.8 Å². The number of carbonyl (C=O) groups is 3. The van der Waals surface area contributed by atoms with Crippen LogP contribution in [0.15, 0.2) is 47.8 Å². The fraction of sp³-hybridized carbons (Fsp3) is 0.280. The zero-order valence-corrected chi connectivity index (χ0v) is 19.4. The predicted octanol–water partition coefficient (Wildman–Crippen LogP) is 4.42. The Morgan fingerprint density at radius 1 is 1.18 bits per heavy atom. The van der Waals surface area contributed by atoms with E-state index in [0.717, 1.165) is 23.2 Å². The SMILES string of the molecule is Cc1ccc(C)c(NC(=O)Cc2nc(COC(=O)c3cccc(N4CCCC4=O)c3)cs2)c1. The third-order valence-electron chi connectivity index (χ3n) is 5.40. The number of ether oxygens (including phenoxy) is 1. The Hall–Kier alpha value is -3.52. The van der Waals surface area contributed by atoms with Crippen molar-refractivity contribution in [3.8, 4) is 0 Å². The summed E-state index contributed by atoms with van der Waals surface area (Å²) >= 11 is 1.36. The van der Waals surface area contributed by atoms with Gasteiger partial charge in [-0.1, -0.05) is 18.2 Å². The number of benzene rings is 2. The standard InChI is InChI=1S/C25H25N3O4S/c1-16-8-9-17(2)21(11-16)27-22(29)13-23-26-19(15-33-23)14-32-25(31)18-5-3-6-20(12-18)28-10-4-7-24(28)30/h3,5-6,8-9,11-12,15H,4,7,10,13-14H2,1-2H3,(H,27,29). The zero-order valence-electron chi connectivity index (χ0n) is 18.6. The Labute approximate surface area is 196 Å². The summed E-state index contributed by atoms with van der Waals surface area (Å²) in [5.41, 5.74) is 4.55. The molecule has 2 amide bonds. The van der Waals surface area contributed by atoms with Crippen LogP contribution in [0.1, 0.15) is 45.0 Å². The van der Waals surface area contributed by atoms with Crippen LogP contribution in [-0.4, -0.2) is 29.3 Å². The van der Waals surface area contributed by atoms with Gasteiger partial charge in [0.15, 0.2) is 0 Å². The second kappa shape index (κ2) is 9.95. The van der Waals surface area contributed by atoms with Crippen molar-refractivity contribution in [3.05, 3.63) is 75.2 Å². The summed E-state index contributed by atoms with van der Waals surface area (Å²) in [6.07, 6.45) is 1.50. The van der Waals surface area contributed by atoms with E-state index in [9.17, 15) is 14.4 Å². The maximum atomic E-state index is 12.5. The van der Waals surface area contributed by atoms with Gasteiger partial charge in [0, 0.05) is 29.7 Å². The summed E-state index contributed by atoms with van der Waals surface area (Å²) in [5.74, 6) is -0.558. The number of esters is 1. The maximum Gasteiger partial charge on any atom is 0.338 e. The first-order valence-electron chi connectivity index (χ1n) is 10.8. The molecule has 1 saturated heterocycles. The largest absolute Gasteiger partial charge is 0.456 e. The van der Waals surface area contributed by atoms with Gasteiger partial charge in [-0.15, -0.1) is 11.3 Å². The van der Waals surface area contributed by atoms with Crippen LogP contribution in [0, 0.1) is 13.8 Å². The molecule has 3 aromatic rings. The van der Waals surface area contributed by atoms with Gasteiger partial charge in [-0.3, -0.25) is 9.59 Å². The predicted molar refractivity (Wildman–Crippen MR) is 128 cm³/mol. The van der Waals surface area contributed by atoms with E-state index in [1.54, 1.807) is 28.5 Å². The van der Waals surface area contributed by atoms with Crippen LogP contribution in [0.25, 0.3) is 0 Å². The van der Waals surface area contributed by atoms with Gasteiger partial charge in [0.1, 0.15) is 11.6 Å². The molecule has 1 aromatic heterocycles. The van der Waals surface area contributed by atoms with E-state index >= 15 is 0 Å². The average Bonchev–Trinajstić information content (AvgIpc) is 3.43. The van der Waals surface area contributed by atoms with Crippen LogP contribution in [0.5, 0.6) is 0 Å². The quantitative estimate of drug-likeness (QED) is 0.524. The lowest BCUT2D eigenvalue weighted by Gasteiger charge is -2.16. The van der Waals surface area contributed by atoms with Gasteiger partial charge in [0.2, 0.25) is 11.8 Å². The Balaban J connectivity index is 1.31. The molecule has 0 bridgehead atoms. The highest BCUT2D eigenvalue weighted by Crippen LogP contribution is 2.23. The van der Waals surface area contributed by atoms with Gasteiger partial charge in [0.25, 0.3) is 0 Å². The molecular formula is C25H25N3O4S. The summed E-state index contributed by atoms with van der Waals surface area (Å²) in [6, 6.07) is 12.8. The zero-order chi connectivity index (χ0) is 23.4. The Morgan fingerprint density at radius 3 is 2.82 bits per heavy atom. The number of nitrogens with zero attached hydrogens (tertiary/aromatic N) is 2. The summed E-state index contributed by atoms with van der Waals surface area (Å²) in [7, 11) is 0. The van der Waals surface area contributed by atoms with E-state index in [2.05, 4.69) is 10.3 Å². The molecule has 1 fully saturated rings. The highest BCUT2D eigenvalue weighted by Gasteiger charge is 2.22. The molecule has 2 heterocycles. The van der Waals surface area contributed by atoms with Gasteiger partial charge in [-0.25, -0.2) is 9.78 Å². The van der Waals surface area contributed by atoms with E-state index < -0.39 is 5.97 Å². The van der Waals surface area contributed by atoms with Gasteiger partial charge < -0.3 is 15.0 Å². The number of aromatic nitrogens is 1. The van der Waals surface area contributed by atoms with Gasteiger partial charge in [0.05, 0.1) is 17.7 Å². The van der Waals surface area contributed by atoms with Crippen LogP contribution < -0.4 is 10.2 Å². The minimum absolute atomic E-state index is 0.0147. The number of amides is 2. The third kappa shape index (κ3) is 5.64. The van der Waals surface area contributed by atoms with Crippen LogP contribution in [0.3, 0.4) is 0 Å². The molecule has 0 aliphatic carbocycles. The molecule has 1 aliphatic heterocycles. The molecule has 8 heteroatoms. The van der Waals surface area contributed by atoms with E-state index in [4.69, 9.17) is 4.74 Å². The van der Waals surface area contributed by atoms with Crippen molar-refractivity contribution in [1.29, 1.82) is 0 Å². The van der Waals surface area contributed by atoms with Gasteiger partial charge in [-0.05, 0) is 55.7 Å². The van der Waals surface area contributed by atoms with Crippen LogP contribution in [-0.2, 0) is 27.4 Å². The molecule has 1 aliphatic rings. The second-order valence-corrected chi connectivity index (χ2v) is 8.99. The molecule has 0 spiro atoms. The molecule has 4 rings (SSSR count). The summed E-state index contributed by atoms with van der Waals surface area (Å²) in [4.78, 5) is 43.0. The molecule has 2 aromatic carbocycles. The number of rotatable bonds is 7. The number of nitrogens with one attached hydrogen (secondary N) is 1. The molecule has 1 N–H and O–H groups in total. The molecule has 0 saturated carbocycles. The Kier molecular flexibility index (Phi) is 6.84. The fourth-order valence-electron chi connectivity index (χ4n) is 3.64. The lowest BCUT2D eigenvalue weighted by Crippen LogP contribution is -2.23.